The van der Waals surface area contributed by atoms with Crippen molar-refractivity contribution < 1.29 is 9.84 Å². The quantitative estimate of drug-likeness (QED) is 0.794. The van der Waals surface area contributed by atoms with Crippen LogP contribution in [0.4, 0.5) is 0 Å². The summed E-state index contributed by atoms with van der Waals surface area (Å²) < 4.78 is 5.46. The normalized spacial score (nSPS) is 13.6. The molecule has 96 valence electrons. The molecule has 0 saturated heterocycles. The summed E-state index contributed by atoms with van der Waals surface area (Å²) in [6.45, 7) is 7.68. The lowest BCUT2D eigenvalue weighted by atomic mass is 10.1. The van der Waals surface area contributed by atoms with Gasteiger partial charge in [-0.15, -0.1) is 0 Å². The summed E-state index contributed by atoms with van der Waals surface area (Å²) in [6.07, 6.45) is -0.460. The fraction of sp³-hybridized carbons (Fsp3) is 0.571. The molecule has 0 saturated carbocycles. The van der Waals surface area contributed by atoms with Gasteiger partial charge in [-0.1, -0.05) is 30.3 Å². The molecule has 0 bridgehead atoms. The zero-order valence-electron chi connectivity index (χ0n) is 10.9. The van der Waals surface area contributed by atoms with Gasteiger partial charge in [0.1, 0.15) is 0 Å². The van der Waals surface area contributed by atoms with E-state index in [0.29, 0.717) is 19.8 Å². The average Bonchev–Trinajstić information content (AvgIpc) is 2.27. The van der Waals surface area contributed by atoms with Crippen molar-refractivity contribution in [1.82, 2.24) is 5.32 Å². The summed E-state index contributed by atoms with van der Waals surface area (Å²) >= 11 is 0. The number of hydrogen-bond acceptors (Lipinski definition) is 3. The van der Waals surface area contributed by atoms with Gasteiger partial charge in [-0.3, -0.25) is 0 Å². The number of rotatable bonds is 6. The topological polar surface area (TPSA) is 41.5 Å². The second kappa shape index (κ2) is 6.74. The Kier molecular flexibility index (Phi) is 5.62. The van der Waals surface area contributed by atoms with Crippen molar-refractivity contribution in [2.45, 2.75) is 39.0 Å². The van der Waals surface area contributed by atoms with Crippen LogP contribution >= 0.6 is 0 Å². The maximum Gasteiger partial charge on any atom is 0.0898 e. The predicted octanol–water partition coefficient (Wildman–Crippen LogP) is 1.95. The predicted molar refractivity (Wildman–Crippen MR) is 69.9 cm³/mol. The zero-order valence-corrected chi connectivity index (χ0v) is 10.9. The molecule has 1 atom stereocenters. The molecule has 1 aromatic rings. The smallest absolute Gasteiger partial charge is 0.0898 e. The standard InChI is InChI=1S/C14H23NO2/c1-14(2,3)15-9-13(16)11-17-10-12-7-5-4-6-8-12/h4-8,13,15-16H,9-11H2,1-3H3/t13-/m0/s1. The first-order chi connectivity index (χ1) is 7.97. The lowest BCUT2D eigenvalue weighted by molar-refractivity contribution is 0.0262. The minimum absolute atomic E-state index is 0.0282. The third-order valence-electron chi connectivity index (χ3n) is 2.29. The van der Waals surface area contributed by atoms with Gasteiger partial charge in [0.2, 0.25) is 0 Å². The van der Waals surface area contributed by atoms with Gasteiger partial charge in [0.25, 0.3) is 0 Å². The molecule has 0 amide bonds. The molecule has 0 aliphatic rings. The second-order valence-electron chi connectivity index (χ2n) is 5.29. The van der Waals surface area contributed by atoms with E-state index >= 15 is 0 Å². The van der Waals surface area contributed by atoms with Crippen LogP contribution in [0, 0.1) is 0 Å². The molecule has 2 N–H and O–H groups in total. The molecule has 17 heavy (non-hydrogen) atoms. The number of benzene rings is 1. The van der Waals surface area contributed by atoms with E-state index in [-0.39, 0.29) is 5.54 Å². The lowest BCUT2D eigenvalue weighted by Crippen LogP contribution is -2.42. The molecule has 0 aliphatic heterocycles. The van der Waals surface area contributed by atoms with E-state index in [0.717, 1.165) is 5.56 Å². The summed E-state index contributed by atoms with van der Waals surface area (Å²) in [7, 11) is 0. The first kappa shape index (κ1) is 14.2. The van der Waals surface area contributed by atoms with Gasteiger partial charge in [-0.05, 0) is 26.3 Å². The fourth-order valence-electron chi connectivity index (χ4n) is 1.37. The summed E-state index contributed by atoms with van der Waals surface area (Å²) in [5.74, 6) is 0. The van der Waals surface area contributed by atoms with E-state index in [4.69, 9.17) is 4.74 Å². The first-order valence-corrected chi connectivity index (χ1v) is 6.02. The molecule has 1 rings (SSSR count). The van der Waals surface area contributed by atoms with E-state index in [2.05, 4.69) is 26.1 Å². The van der Waals surface area contributed by atoms with Crippen molar-refractivity contribution in [3.8, 4) is 0 Å². The molecule has 0 aliphatic carbocycles. The Bertz CT molecular complexity index is 306. The van der Waals surface area contributed by atoms with Gasteiger partial charge >= 0.3 is 0 Å². The fourth-order valence-corrected chi connectivity index (χ4v) is 1.37. The molecule has 0 fully saturated rings. The number of aliphatic hydroxyl groups is 1. The molecule has 0 radical (unpaired) electrons. The highest BCUT2D eigenvalue weighted by Crippen LogP contribution is 2.02. The third-order valence-corrected chi connectivity index (χ3v) is 2.29. The van der Waals surface area contributed by atoms with Gasteiger partial charge in [0.15, 0.2) is 0 Å². The van der Waals surface area contributed by atoms with Crippen LogP contribution in [-0.2, 0) is 11.3 Å². The minimum Gasteiger partial charge on any atom is -0.389 e. The van der Waals surface area contributed by atoms with E-state index in [1.807, 2.05) is 30.3 Å². The first-order valence-electron chi connectivity index (χ1n) is 6.02. The molecule has 3 heteroatoms. The lowest BCUT2D eigenvalue weighted by Gasteiger charge is -2.22. The van der Waals surface area contributed by atoms with Crippen LogP contribution in [0.2, 0.25) is 0 Å². The van der Waals surface area contributed by atoms with Crippen LogP contribution < -0.4 is 5.32 Å². The van der Waals surface area contributed by atoms with Crippen molar-refractivity contribution in [2.75, 3.05) is 13.2 Å². The Morgan fingerprint density at radius 1 is 1.24 bits per heavy atom. The molecule has 1 aromatic carbocycles. The van der Waals surface area contributed by atoms with Crippen LogP contribution in [0.3, 0.4) is 0 Å². The van der Waals surface area contributed by atoms with Crippen LogP contribution in [-0.4, -0.2) is 29.9 Å². The summed E-state index contributed by atoms with van der Waals surface area (Å²) in [5, 5.41) is 12.9. The Morgan fingerprint density at radius 2 is 1.88 bits per heavy atom. The number of β-amino-alcohol motifs (C(OH)–C–C–N with tert-alkyl or cyclic N) is 1. The highest BCUT2D eigenvalue weighted by Gasteiger charge is 2.11. The number of ether oxygens (including phenoxy) is 1. The molecule has 0 unspecified atom stereocenters. The van der Waals surface area contributed by atoms with E-state index in [1.165, 1.54) is 0 Å². The monoisotopic (exact) mass is 237 g/mol. The van der Waals surface area contributed by atoms with Crippen molar-refractivity contribution in [3.63, 3.8) is 0 Å². The Labute approximate surface area is 104 Å². The third kappa shape index (κ3) is 7.10. The molecule has 0 heterocycles. The second-order valence-corrected chi connectivity index (χ2v) is 5.29. The van der Waals surface area contributed by atoms with Gasteiger partial charge in [0, 0.05) is 12.1 Å². The molecule has 0 spiro atoms. The number of hydrogen-bond donors (Lipinski definition) is 2. The van der Waals surface area contributed by atoms with Crippen LogP contribution in [0.15, 0.2) is 30.3 Å². The number of nitrogens with one attached hydrogen (secondary N) is 1. The maximum absolute atomic E-state index is 9.70. The Hall–Kier alpha value is -0.900. The minimum atomic E-state index is -0.460. The average molecular weight is 237 g/mol. The molecule has 3 nitrogen and oxygen atoms in total. The molecular weight excluding hydrogens is 214 g/mol. The summed E-state index contributed by atoms with van der Waals surface area (Å²) in [4.78, 5) is 0. The van der Waals surface area contributed by atoms with Crippen molar-refractivity contribution in [2.24, 2.45) is 0 Å². The van der Waals surface area contributed by atoms with Crippen LogP contribution in [0.5, 0.6) is 0 Å². The van der Waals surface area contributed by atoms with Gasteiger partial charge < -0.3 is 15.2 Å². The highest BCUT2D eigenvalue weighted by molar-refractivity contribution is 5.13. The van der Waals surface area contributed by atoms with Gasteiger partial charge in [0.05, 0.1) is 19.3 Å². The summed E-state index contributed by atoms with van der Waals surface area (Å²) in [5.41, 5.74) is 1.16. The highest BCUT2D eigenvalue weighted by atomic mass is 16.5. The largest absolute Gasteiger partial charge is 0.389 e. The van der Waals surface area contributed by atoms with Crippen molar-refractivity contribution in [1.29, 1.82) is 0 Å². The summed E-state index contributed by atoms with van der Waals surface area (Å²) in [6, 6.07) is 9.97. The van der Waals surface area contributed by atoms with E-state index in [1.54, 1.807) is 0 Å². The van der Waals surface area contributed by atoms with Crippen molar-refractivity contribution in [3.05, 3.63) is 35.9 Å². The van der Waals surface area contributed by atoms with Crippen LogP contribution in [0.25, 0.3) is 0 Å². The Morgan fingerprint density at radius 3 is 2.47 bits per heavy atom. The SMILES string of the molecule is CC(C)(C)NC[C@H](O)COCc1ccccc1. The van der Waals surface area contributed by atoms with Gasteiger partial charge in [-0.2, -0.15) is 0 Å². The van der Waals surface area contributed by atoms with E-state index < -0.39 is 6.10 Å². The molecular formula is C14H23NO2. The van der Waals surface area contributed by atoms with Crippen molar-refractivity contribution >= 4 is 0 Å². The van der Waals surface area contributed by atoms with Gasteiger partial charge in [-0.25, -0.2) is 0 Å². The zero-order chi connectivity index (χ0) is 12.7. The molecule has 0 aromatic heterocycles. The maximum atomic E-state index is 9.70. The van der Waals surface area contributed by atoms with E-state index in [9.17, 15) is 5.11 Å². The number of aliphatic hydroxyl groups excluding tert-OH is 1. The Balaban J connectivity index is 2.14. The van der Waals surface area contributed by atoms with Crippen LogP contribution in [0.1, 0.15) is 26.3 Å².